The van der Waals surface area contributed by atoms with E-state index in [9.17, 15) is 4.79 Å². The molecule has 10 heteroatoms. The third kappa shape index (κ3) is 7.02. The van der Waals surface area contributed by atoms with E-state index in [2.05, 4.69) is 33.7 Å². The van der Waals surface area contributed by atoms with E-state index in [1.807, 2.05) is 24.3 Å². The fourth-order valence-corrected chi connectivity index (χ4v) is 5.57. The van der Waals surface area contributed by atoms with Crippen LogP contribution in [0.25, 0.3) is 28.0 Å². The number of aliphatic imine (C=N–C) groups is 1. The van der Waals surface area contributed by atoms with Crippen molar-refractivity contribution in [2.45, 2.75) is 53.0 Å². The van der Waals surface area contributed by atoms with Crippen LogP contribution in [0.3, 0.4) is 0 Å². The number of H-pyrrole nitrogens is 1. The summed E-state index contributed by atoms with van der Waals surface area (Å²) < 4.78 is 22.7. The number of benzene rings is 2. The summed E-state index contributed by atoms with van der Waals surface area (Å²) in [6.07, 6.45) is 5.54. The van der Waals surface area contributed by atoms with Crippen LogP contribution in [-0.2, 0) is 13.0 Å². The average Bonchev–Trinajstić information content (AvgIpc) is 3.23. The number of amidine groups is 1. The van der Waals surface area contributed by atoms with E-state index in [1.165, 1.54) is 4.57 Å². The highest BCUT2D eigenvalue weighted by Gasteiger charge is 2.18. The summed E-state index contributed by atoms with van der Waals surface area (Å²) in [4.78, 5) is 27.1. The first-order chi connectivity index (χ1) is 20.2. The quantitative estimate of drug-likeness (QED) is 0.131. The number of aromatic amines is 1. The van der Waals surface area contributed by atoms with Gasteiger partial charge in [-0.1, -0.05) is 37.9 Å². The van der Waals surface area contributed by atoms with Gasteiger partial charge in [-0.3, -0.25) is 14.5 Å². The third-order valence-electron chi connectivity index (χ3n) is 7.51. The normalized spacial score (nSPS) is 14.3. The molecule has 8 nitrogen and oxygen atoms in total. The van der Waals surface area contributed by atoms with Gasteiger partial charge in [0.25, 0.3) is 0 Å². The van der Waals surface area contributed by atoms with Crippen LogP contribution >= 0.6 is 11.6 Å². The fraction of sp³-hybridized carbons (Fsp3) is 0.406. The zero-order valence-electron chi connectivity index (χ0n) is 24.4. The van der Waals surface area contributed by atoms with Gasteiger partial charge < -0.3 is 15.5 Å². The molecule has 5 rings (SSSR count). The Morgan fingerprint density at radius 2 is 2.07 bits per heavy atom. The number of hydrogen-bond donors (Lipinski definition) is 2. The van der Waals surface area contributed by atoms with Gasteiger partial charge in [0.15, 0.2) is 5.82 Å². The predicted molar refractivity (Wildman–Crippen MR) is 167 cm³/mol. The smallest absolute Gasteiger partial charge is 0.354 e. The molecular formula is C32H38ClFN6O2. The van der Waals surface area contributed by atoms with Crippen molar-refractivity contribution < 1.29 is 9.13 Å². The van der Waals surface area contributed by atoms with Gasteiger partial charge in [0, 0.05) is 55.0 Å². The fourth-order valence-electron chi connectivity index (χ4n) is 5.33. The molecule has 0 radical (unpaired) electrons. The summed E-state index contributed by atoms with van der Waals surface area (Å²) in [5, 5.41) is 0.767. The minimum atomic E-state index is -0.495. The Hall–Kier alpha value is -3.69. The van der Waals surface area contributed by atoms with Gasteiger partial charge in [-0.2, -0.15) is 4.98 Å². The molecule has 2 aromatic heterocycles. The molecule has 0 fully saturated rings. The molecular weight excluding hydrogens is 555 g/mol. The Bertz CT molecular complexity index is 1660. The number of nitrogens with two attached hydrogens (primary N) is 1. The number of halogens is 2. The number of ether oxygens (including phenoxy) is 1. The second-order valence-electron chi connectivity index (χ2n) is 11.4. The van der Waals surface area contributed by atoms with Gasteiger partial charge in [-0.25, -0.2) is 9.18 Å². The van der Waals surface area contributed by atoms with E-state index in [1.54, 1.807) is 25.3 Å². The van der Waals surface area contributed by atoms with Crippen molar-refractivity contribution in [2.24, 2.45) is 16.6 Å². The van der Waals surface area contributed by atoms with Gasteiger partial charge in [-0.15, -0.1) is 0 Å². The highest BCUT2D eigenvalue weighted by molar-refractivity contribution is 6.31. The number of nitrogens with zero attached hydrogens (tertiary/aromatic N) is 4. The molecule has 222 valence electrons. The number of nitrogens with one attached hydrogen (secondary N) is 1. The first kappa shape index (κ1) is 29.8. The molecule has 0 bridgehead atoms. The molecule has 0 saturated carbocycles. The van der Waals surface area contributed by atoms with E-state index in [4.69, 9.17) is 22.1 Å². The number of fused-ring (bicyclic) bond motifs is 2. The van der Waals surface area contributed by atoms with E-state index in [-0.39, 0.29) is 5.02 Å². The molecule has 0 saturated heterocycles. The highest BCUT2D eigenvalue weighted by Crippen LogP contribution is 2.32. The maximum atomic E-state index is 15.1. The van der Waals surface area contributed by atoms with E-state index >= 15 is 4.39 Å². The van der Waals surface area contributed by atoms with Crippen LogP contribution in [0.1, 0.15) is 51.2 Å². The van der Waals surface area contributed by atoms with Gasteiger partial charge in [0.05, 0.1) is 22.2 Å². The average molecular weight is 593 g/mol. The lowest BCUT2D eigenvalue weighted by molar-refractivity contribution is 0.225. The Balaban J connectivity index is 1.39. The standard InChI is InChI=1S/C32H38ClFN6O2/c1-20(2)6-4-7-22-14-26(30(34)27(33)15-22)28-16-24-19-40(32(41)38-31(24)37-28)25-9-8-23-18-39(11-5-10-36-21(3)35)12-13-42-29(23)17-25/h8-9,14-17,19-20H,4-7,10-13,18H2,1-3H3,(H2,35,36)(H,37,38,41). The number of aromatic nitrogens is 3. The van der Waals surface area contributed by atoms with Crippen molar-refractivity contribution >= 4 is 28.5 Å². The number of hydrogen-bond acceptors (Lipinski definition) is 5. The molecule has 1 aliphatic heterocycles. The van der Waals surface area contributed by atoms with Crippen LogP contribution in [0, 0.1) is 11.7 Å². The topological polar surface area (TPSA) is 102 Å². The van der Waals surface area contributed by atoms with Crippen molar-refractivity contribution in [1.82, 2.24) is 19.4 Å². The molecule has 0 unspecified atom stereocenters. The van der Waals surface area contributed by atoms with Crippen LogP contribution in [0.5, 0.6) is 5.75 Å². The highest BCUT2D eigenvalue weighted by atomic mass is 35.5. The summed E-state index contributed by atoms with van der Waals surface area (Å²) >= 11 is 6.28. The molecule has 1 aliphatic rings. The van der Waals surface area contributed by atoms with Crippen LogP contribution in [-0.4, -0.2) is 51.5 Å². The lowest BCUT2D eigenvalue weighted by atomic mass is 10.00. The van der Waals surface area contributed by atoms with Gasteiger partial charge in [0.1, 0.15) is 18.0 Å². The minimum Gasteiger partial charge on any atom is -0.492 e. The Morgan fingerprint density at radius 3 is 2.86 bits per heavy atom. The molecule has 2 aromatic carbocycles. The summed E-state index contributed by atoms with van der Waals surface area (Å²) in [5.41, 5.74) is 9.16. The van der Waals surface area contributed by atoms with Gasteiger partial charge >= 0.3 is 5.69 Å². The number of rotatable bonds is 10. The molecule has 3 heterocycles. The van der Waals surface area contributed by atoms with Crippen LogP contribution in [0.4, 0.5) is 4.39 Å². The molecule has 3 N–H and O–H groups in total. The lowest BCUT2D eigenvalue weighted by Gasteiger charge is -2.18. The summed E-state index contributed by atoms with van der Waals surface area (Å²) in [5.74, 6) is 1.46. The van der Waals surface area contributed by atoms with Crippen molar-refractivity contribution in [3.8, 4) is 22.7 Å². The van der Waals surface area contributed by atoms with Crippen molar-refractivity contribution in [3.63, 3.8) is 0 Å². The monoisotopic (exact) mass is 592 g/mol. The molecule has 42 heavy (non-hydrogen) atoms. The molecule has 4 aromatic rings. The minimum absolute atomic E-state index is 0.0842. The second kappa shape index (κ2) is 13.1. The Labute approximate surface area is 250 Å². The van der Waals surface area contributed by atoms with E-state index < -0.39 is 11.5 Å². The first-order valence-corrected chi connectivity index (χ1v) is 14.9. The van der Waals surface area contributed by atoms with E-state index in [0.717, 1.165) is 62.2 Å². The summed E-state index contributed by atoms with van der Waals surface area (Å²) in [7, 11) is 0. The Kier molecular flexibility index (Phi) is 9.28. The number of aryl methyl sites for hydroxylation is 1. The molecule has 0 spiro atoms. The van der Waals surface area contributed by atoms with Crippen molar-refractivity contribution in [2.75, 3.05) is 26.2 Å². The van der Waals surface area contributed by atoms with Gasteiger partial charge in [-0.05, 0) is 61.9 Å². The maximum Gasteiger partial charge on any atom is 0.354 e. The SMILES string of the molecule is CC(N)=NCCCN1CCOc2cc(-n3cc4cc(-c5cc(CCCC(C)C)cc(Cl)c5F)[nH]c4nc3=O)ccc2C1. The zero-order chi connectivity index (χ0) is 29.8. The van der Waals surface area contributed by atoms with Crippen LogP contribution in [0.2, 0.25) is 5.02 Å². The van der Waals surface area contributed by atoms with E-state index in [0.29, 0.717) is 52.9 Å². The first-order valence-electron chi connectivity index (χ1n) is 14.5. The molecule has 0 atom stereocenters. The maximum absolute atomic E-state index is 15.1. The van der Waals surface area contributed by atoms with Crippen LogP contribution in [0.15, 0.2) is 52.4 Å². The Morgan fingerprint density at radius 1 is 1.24 bits per heavy atom. The predicted octanol–water partition coefficient (Wildman–Crippen LogP) is 6.11. The van der Waals surface area contributed by atoms with Crippen molar-refractivity contribution in [1.29, 1.82) is 0 Å². The molecule has 0 amide bonds. The third-order valence-corrected chi connectivity index (χ3v) is 7.79. The second-order valence-corrected chi connectivity index (χ2v) is 11.8. The van der Waals surface area contributed by atoms with Gasteiger partial charge in [0.2, 0.25) is 0 Å². The zero-order valence-corrected chi connectivity index (χ0v) is 25.2. The molecule has 0 aliphatic carbocycles. The summed E-state index contributed by atoms with van der Waals surface area (Å²) in [6.45, 7) is 9.87. The lowest BCUT2D eigenvalue weighted by Crippen LogP contribution is -2.27. The van der Waals surface area contributed by atoms with Crippen molar-refractivity contribution in [3.05, 3.63) is 75.0 Å². The van der Waals surface area contributed by atoms with Crippen LogP contribution < -0.4 is 16.2 Å². The largest absolute Gasteiger partial charge is 0.492 e. The summed E-state index contributed by atoms with van der Waals surface area (Å²) in [6, 6.07) is 11.1.